The van der Waals surface area contributed by atoms with E-state index in [9.17, 15) is 9.59 Å². The lowest BCUT2D eigenvalue weighted by Crippen LogP contribution is -2.27. The maximum absolute atomic E-state index is 12.0. The SMILES string of the molecule is Cc1c(-c2cnc(-c3ccccc3)nc2)ccn(C(=O)O)c1=O. The average Bonchev–Trinajstić information content (AvgIpc) is 2.58. The molecule has 0 radical (unpaired) electrons. The molecule has 3 rings (SSSR count). The van der Waals surface area contributed by atoms with Crippen LogP contribution in [-0.2, 0) is 0 Å². The van der Waals surface area contributed by atoms with E-state index >= 15 is 0 Å². The second-order valence-electron chi connectivity index (χ2n) is 4.97. The van der Waals surface area contributed by atoms with E-state index in [0.717, 1.165) is 5.56 Å². The van der Waals surface area contributed by atoms with Crippen molar-refractivity contribution >= 4 is 6.09 Å². The van der Waals surface area contributed by atoms with E-state index in [1.165, 1.54) is 6.20 Å². The van der Waals surface area contributed by atoms with Crippen LogP contribution in [0.15, 0.2) is 59.8 Å². The molecule has 0 saturated heterocycles. The van der Waals surface area contributed by atoms with Crippen molar-refractivity contribution in [2.75, 3.05) is 0 Å². The molecule has 0 atom stereocenters. The first-order chi connectivity index (χ1) is 11.1. The van der Waals surface area contributed by atoms with Gasteiger partial charge in [-0.25, -0.2) is 19.3 Å². The Bertz CT molecular complexity index is 916. The Morgan fingerprint density at radius 1 is 1.04 bits per heavy atom. The summed E-state index contributed by atoms with van der Waals surface area (Å²) in [4.78, 5) is 31.6. The molecule has 0 saturated carbocycles. The van der Waals surface area contributed by atoms with Crippen molar-refractivity contribution < 1.29 is 9.90 Å². The van der Waals surface area contributed by atoms with Crippen molar-refractivity contribution in [3.05, 3.63) is 70.9 Å². The molecule has 114 valence electrons. The zero-order valence-electron chi connectivity index (χ0n) is 12.3. The van der Waals surface area contributed by atoms with Crippen LogP contribution in [-0.4, -0.2) is 25.7 Å². The molecule has 3 aromatic rings. The van der Waals surface area contributed by atoms with E-state index in [1.807, 2.05) is 30.3 Å². The number of hydrogen-bond donors (Lipinski definition) is 1. The molecule has 2 heterocycles. The quantitative estimate of drug-likeness (QED) is 0.787. The van der Waals surface area contributed by atoms with Gasteiger partial charge in [-0.2, -0.15) is 0 Å². The molecular weight excluding hydrogens is 294 g/mol. The number of nitrogens with zero attached hydrogens (tertiary/aromatic N) is 3. The summed E-state index contributed by atoms with van der Waals surface area (Å²) in [6, 6.07) is 11.1. The van der Waals surface area contributed by atoms with Gasteiger partial charge in [0.05, 0.1) is 0 Å². The fraction of sp³-hybridized carbons (Fsp3) is 0.0588. The molecule has 1 N–H and O–H groups in total. The standard InChI is InChI=1S/C17H13N3O3/c1-11-14(7-8-20(16(11)21)17(22)23)13-9-18-15(19-10-13)12-5-3-2-4-6-12/h2-10H,1H3,(H,22,23). The van der Waals surface area contributed by atoms with Crippen molar-refractivity contribution in [3.8, 4) is 22.5 Å². The summed E-state index contributed by atoms with van der Waals surface area (Å²) in [6.45, 7) is 1.59. The Balaban J connectivity index is 2.02. The van der Waals surface area contributed by atoms with Crippen molar-refractivity contribution in [3.63, 3.8) is 0 Å². The lowest BCUT2D eigenvalue weighted by Gasteiger charge is -2.08. The van der Waals surface area contributed by atoms with Gasteiger partial charge in [-0.05, 0) is 18.6 Å². The van der Waals surface area contributed by atoms with Crippen LogP contribution in [0.5, 0.6) is 0 Å². The van der Waals surface area contributed by atoms with Crippen molar-refractivity contribution in [2.45, 2.75) is 6.92 Å². The molecule has 0 aliphatic heterocycles. The van der Waals surface area contributed by atoms with Crippen LogP contribution < -0.4 is 5.56 Å². The van der Waals surface area contributed by atoms with E-state index < -0.39 is 11.7 Å². The minimum atomic E-state index is -1.31. The van der Waals surface area contributed by atoms with Gasteiger partial charge in [-0.1, -0.05) is 30.3 Å². The van der Waals surface area contributed by atoms with E-state index in [-0.39, 0.29) is 0 Å². The molecule has 0 spiro atoms. The van der Waals surface area contributed by atoms with Gasteiger partial charge >= 0.3 is 6.09 Å². The van der Waals surface area contributed by atoms with Crippen LogP contribution >= 0.6 is 0 Å². The number of carboxylic acid groups (broad SMARTS) is 1. The van der Waals surface area contributed by atoms with Gasteiger partial charge in [-0.15, -0.1) is 0 Å². The van der Waals surface area contributed by atoms with Crippen LogP contribution in [0, 0.1) is 6.92 Å². The smallest absolute Gasteiger partial charge is 0.418 e. The molecule has 0 amide bonds. The van der Waals surface area contributed by atoms with E-state index in [2.05, 4.69) is 9.97 Å². The van der Waals surface area contributed by atoms with Crippen molar-refractivity contribution in [1.29, 1.82) is 0 Å². The first-order valence-corrected chi connectivity index (χ1v) is 6.91. The van der Waals surface area contributed by atoms with Gasteiger partial charge in [0.2, 0.25) is 0 Å². The largest absolute Gasteiger partial charge is 0.464 e. The molecule has 6 heteroatoms. The van der Waals surface area contributed by atoms with Crippen molar-refractivity contribution in [2.24, 2.45) is 0 Å². The molecule has 0 fully saturated rings. The minimum absolute atomic E-state index is 0.339. The van der Waals surface area contributed by atoms with Crippen LogP contribution in [0.25, 0.3) is 22.5 Å². The third-order valence-corrected chi connectivity index (χ3v) is 3.53. The van der Waals surface area contributed by atoms with Gasteiger partial charge in [-0.3, -0.25) is 4.79 Å². The van der Waals surface area contributed by atoms with Crippen LogP contribution in [0.2, 0.25) is 0 Å². The number of carbonyl (C=O) groups is 1. The van der Waals surface area contributed by atoms with E-state index in [0.29, 0.717) is 27.1 Å². The van der Waals surface area contributed by atoms with E-state index in [1.54, 1.807) is 25.4 Å². The minimum Gasteiger partial charge on any atom is -0.464 e. The third kappa shape index (κ3) is 2.74. The molecular formula is C17H13N3O3. The Morgan fingerprint density at radius 2 is 1.70 bits per heavy atom. The molecule has 0 bridgehead atoms. The summed E-state index contributed by atoms with van der Waals surface area (Å²) < 4.78 is 0.651. The summed E-state index contributed by atoms with van der Waals surface area (Å²) in [6.07, 6.45) is 3.18. The maximum Gasteiger partial charge on any atom is 0.418 e. The van der Waals surface area contributed by atoms with Gasteiger partial charge in [0.25, 0.3) is 5.56 Å². The molecule has 0 aliphatic rings. The number of pyridine rings is 1. The normalized spacial score (nSPS) is 10.5. The topological polar surface area (TPSA) is 85.1 Å². The first kappa shape index (κ1) is 14.6. The van der Waals surface area contributed by atoms with Gasteiger partial charge in [0.1, 0.15) is 0 Å². The lowest BCUT2D eigenvalue weighted by atomic mass is 10.1. The maximum atomic E-state index is 12.0. The monoisotopic (exact) mass is 307 g/mol. The molecule has 23 heavy (non-hydrogen) atoms. The summed E-state index contributed by atoms with van der Waals surface area (Å²) >= 11 is 0. The summed E-state index contributed by atoms with van der Waals surface area (Å²) in [5.41, 5.74) is 1.95. The Hall–Kier alpha value is -3.28. The Kier molecular flexibility index (Phi) is 3.72. The highest BCUT2D eigenvalue weighted by Crippen LogP contribution is 2.21. The van der Waals surface area contributed by atoms with Gasteiger partial charge < -0.3 is 5.11 Å². The highest BCUT2D eigenvalue weighted by atomic mass is 16.4. The zero-order chi connectivity index (χ0) is 16.4. The van der Waals surface area contributed by atoms with Gasteiger partial charge in [0.15, 0.2) is 5.82 Å². The molecule has 0 unspecified atom stereocenters. The fourth-order valence-electron chi connectivity index (χ4n) is 2.30. The second-order valence-corrected chi connectivity index (χ2v) is 4.97. The summed E-state index contributed by atoms with van der Waals surface area (Å²) in [5, 5.41) is 8.95. The summed E-state index contributed by atoms with van der Waals surface area (Å²) in [7, 11) is 0. The number of aromatic nitrogens is 3. The molecule has 0 aliphatic carbocycles. The Labute approximate surface area is 131 Å². The average molecular weight is 307 g/mol. The van der Waals surface area contributed by atoms with Crippen molar-refractivity contribution in [1.82, 2.24) is 14.5 Å². The number of hydrogen-bond acceptors (Lipinski definition) is 4. The predicted octanol–water partition coefficient (Wildman–Crippen LogP) is 2.81. The highest BCUT2D eigenvalue weighted by Gasteiger charge is 2.12. The van der Waals surface area contributed by atoms with Gasteiger partial charge in [0, 0.05) is 35.3 Å². The Morgan fingerprint density at radius 3 is 2.30 bits per heavy atom. The highest BCUT2D eigenvalue weighted by molar-refractivity contribution is 5.71. The number of benzene rings is 1. The molecule has 6 nitrogen and oxygen atoms in total. The first-order valence-electron chi connectivity index (χ1n) is 6.91. The lowest BCUT2D eigenvalue weighted by molar-refractivity contribution is 0.195. The van der Waals surface area contributed by atoms with E-state index in [4.69, 9.17) is 5.11 Å². The molecule has 1 aromatic carbocycles. The van der Waals surface area contributed by atoms with Crippen LogP contribution in [0.4, 0.5) is 4.79 Å². The number of rotatable bonds is 2. The predicted molar refractivity (Wildman–Crippen MR) is 85.3 cm³/mol. The summed E-state index contributed by atoms with van der Waals surface area (Å²) in [5.74, 6) is 0.589. The van der Waals surface area contributed by atoms with Crippen LogP contribution in [0.1, 0.15) is 5.56 Å². The van der Waals surface area contributed by atoms with Crippen LogP contribution in [0.3, 0.4) is 0 Å². The fourth-order valence-corrected chi connectivity index (χ4v) is 2.30. The second kappa shape index (κ2) is 5.84. The third-order valence-electron chi connectivity index (χ3n) is 3.53. The molecule has 2 aromatic heterocycles. The zero-order valence-corrected chi connectivity index (χ0v) is 12.3.